The van der Waals surface area contributed by atoms with E-state index in [-0.39, 0.29) is 52.9 Å². The summed E-state index contributed by atoms with van der Waals surface area (Å²) in [4.78, 5) is 29.7. The number of piperidine rings is 1. The molecule has 1 heterocycles. The summed E-state index contributed by atoms with van der Waals surface area (Å²) >= 11 is 0. The number of hydrogen-bond acceptors (Lipinski definition) is 6. The quantitative estimate of drug-likeness (QED) is 0.471. The maximum Gasteiger partial charge on any atom is 0.255 e. The van der Waals surface area contributed by atoms with Crippen LogP contribution in [0.3, 0.4) is 0 Å². The number of hydrogen-bond donors (Lipinski definition) is 1. The largest absolute Gasteiger partial charge is 0.493 e. The Bertz CT molecular complexity index is 1190. The van der Waals surface area contributed by atoms with Crippen LogP contribution in [-0.2, 0) is 4.74 Å². The van der Waals surface area contributed by atoms with Gasteiger partial charge < -0.3 is 24.6 Å². The standard InChI is InChI=1S/C29H37FN4O4/c1-19(2)34(22-8-6-11-32-18-22)29(36)23-16-27(38-13-7-12-37-5)25(15-21(23)17-31)24-14-20(9-10-26(24)30)28(35)33(3)4/h9-10,14-16,19,22,32H,6-8,11-13,18H2,1-5H3/t22-/m1/s1. The number of carbonyl (C=O) groups is 2. The third kappa shape index (κ3) is 6.69. The van der Waals surface area contributed by atoms with E-state index in [1.807, 2.05) is 18.7 Å². The van der Waals surface area contributed by atoms with Crippen molar-refractivity contribution < 1.29 is 23.5 Å². The molecule has 9 heteroatoms. The Morgan fingerprint density at radius 1 is 1.16 bits per heavy atom. The van der Waals surface area contributed by atoms with Gasteiger partial charge in [0.25, 0.3) is 11.8 Å². The van der Waals surface area contributed by atoms with Crippen molar-refractivity contribution in [3.63, 3.8) is 0 Å². The molecular formula is C29H37FN4O4. The van der Waals surface area contributed by atoms with Crippen LogP contribution in [0, 0.1) is 17.1 Å². The molecule has 3 rings (SSSR count). The van der Waals surface area contributed by atoms with Crippen molar-refractivity contribution >= 4 is 11.8 Å². The van der Waals surface area contributed by atoms with Gasteiger partial charge in [0.05, 0.1) is 23.8 Å². The first-order valence-electron chi connectivity index (χ1n) is 12.9. The normalized spacial score (nSPS) is 15.2. The number of benzene rings is 2. The summed E-state index contributed by atoms with van der Waals surface area (Å²) in [6.07, 6.45) is 2.41. The lowest BCUT2D eigenvalue weighted by atomic mass is 9.94. The molecule has 2 amide bonds. The highest BCUT2D eigenvalue weighted by molar-refractivity contribution is 5.99. The molecule has 1 atom stereocenters. The number of nitrogens with zero attached hydrogens (tertiary/aromatic N) is 3. The second-order valence-electron chi connectivity index (χ2n) is 9.90. The molecule has 2 aromatic rings. The molecule has 0 bridgehead atoms. The summed E-state index contributed by atoms with van der Waals surface area (Å²) < 4.78 is 26.3. The van der Waals surface area contributed by atoms with Crippen molar-refractivity contribution in [1.82, 2.24) is 15.1 Å². The molecule has 0 radical (unpaired) electrons. The van der Waals surface area contributed by atoms with Crippen molar-refractivity contribution in [2.45, 2.75) is 45.2 Å². The predicted molar refractivity (Wildman–Crippen MR) is 144 cm³/mol. The number of methoxy groups -OCH3 is 1. The molecule has 1 saturated heterocycles. The topological polar surface area (TPSA) is 94.9 Å². The van der Waals surface area contributed by atoms with Gasteiger partial charge in [-0.25, -0.2) is 4.39 Å². The first kappa shape index (κ1) is 29.1. The summed E-state index contributed by atoms with van der Waals surface area (Å²) in [5.41, 5.74) is 1.04. The van der Waals surface area contributed by atoms with Crippen molar-refractivity contribution in [3.8, 4) is 22.9 Å². The Balaban J connectivity index is 2.14. The Hall–Kier alpha value is -3.48. The molecule has 8 nitrogen and oxygen atoms in total. The van der Waals surface area contributed by atoms with Gasteiger partial charge in [0.1, 0.15) is 11.6 Å². The molecule has 1 fully saturated rings. The minimum Gasteiger partial charge on any atom is -0.493 e. The van der Waals surface area contributed by atoms with E-state index >= 15 is 4.39 Å². The highest BCUT2D eigenvalue weighted by Crippen LogP contribution is 2.36. The highest BCUT2D eigenvalue weighted by atomic mass is 19.1. The van der Waals surface area contributed by atoms with Gasteiger partial charge in [0, 0.05) is 69.6 Å². The van der Waals surface area contributed by atoms with Gasteiger partial charge in [-0.2, -0.15) is 5.26 Å². The SMILES string of the molecule is COCCCOc1cc(C(=O)N(C(C)C)[C@@H]2CCCNC2)c(C#N)cc1-c1cc(C(=O)N(C)C)ccc1F. The highest BCUT2D eigenvalue weighted by Gasteiger charge is 2.31. The smallest absolute Gasteiger partial charge is 0.255 e. The Morgan fingerprint density at radius 2 is 1.92 bits per heavy atom. The number of halogens is 1. The van der Waals surface area contributed by atoms with Gasteiger partial charge in [-0.15, -0.1) is 0 Å². The number of nitrogens with one attached hydrogen (secondary N) is 1. The number of rotatable bonds is 10. The molecule has 1 N–H and O–H groups in total. The van der Waals surface area contributed by atoms with E-state index in [1.165, 1.54) is 35.2 Å². The zero-order valence-corrected chi connectivity index (χ0v) is 22.8. The van der Waals surface area contributed by atoms with Crippen molar-refractivity contribution in [3.05, 3.63) is 52.8 Å². The van der Waals surface area contributed by atoms with Crippen LogP contribution >= 0.6 is 0 Å². The molecule has 0 saturated carbocycles. The van der Waals surface area contributed by atoms with E-state index in [0.29, 0.717) is 30.7 Å². The maximum absolute atomic E-state index is 15.1. The fraction of sp³-hybridized carbons (Fsp3) is 0.483. The van der Waals surface area contributed by atoms with Crippen LogP contribution in [-0.4, -0.2) is 81.2 Å². The lowest BCUT2D eigenvalue weighted by Crippen LogP contribution is -2.51. The van der Waals surface area contributed by atoms with Gasteiger partial charge in [-0.05, 0) is 63.6 Å². The maximum atomic E-state index is 15.1. The lowest BCUT2D eigenvalue weighted by Gasteiger charge is -2.38. The van der Waals surface area contributed by atoms with E-state index in [9.17, 15) is 14.9 Å². The van der Waals surface area contributed by atoms with Crippen LogP contribution in [0.5, 0.6) is 5.75 Å². The van der Waals surface area contributed by atoms with E-state index in [4.69, 9.17) is 9.47 Å². The first-order valence-corrected chi connectivity index (χ1v) is 12.9. The molecule has 38 heavy (non-hydrogen) atoms. The van der Waals surface area contributed by atoms with Crippen molar-refractivity contribution in [1.29, 1.82) is 5.26 Å². The van der Waals surface area contributed by atoms with E-state index in [1.54, 1.807) is 21.2 Å². The van der Waals surface area contributed by atoms with E-state index in [0.717, 1.165) is 19.4 Å². The molecule has 0 aromatic heterocycles. The molecule has 0 unspecified atom stereocenters. The predicted octanol–water partition coefficient (Wildman–Crippen LogP) is 4.08. The number of ether oxygens (including phenoxy) is 2. The summed E-state index contributed by atoms with van der Waals surface area (Å²) in [6, 6.07) is 9.15. The number of amides is 2. The third-order valence-corrected chi connectivity index (χ3v) is 6.59. The summed E-state index contributed by atoms with van der Waals surface area (Å²) in [5.74, 6) is -0.852. The average molecular weight is 525 g/mol. The minimum absolute atomic E-state index is 0.000266. The van der Waals surface area contributed by atoms with Crippen LogP contribution in [0.2, 0.25) is 0 Å². The van der Waals surface area contributed by atoms with Crippen LogP contribution in [0.15, 0.2) is 30.3 Å². The first-order chi connectivity index (χ1) is 18.2. The van der Waals surface area contributed by atoms with Gasteiger partial charge in [0.15, 0.2) is 0 Å². The van der Waals surface area contributed by atoms with E-state index in [2.05, 4.69) is 11.4 Å². The third-order valence-electron chi connectivity index (χ3n) is 6.59. The van der Waals surface area contributed by atoms with Crippen molar-refractivity contribution in [2.24, 2.45) is 0 Å². The van der Waals surface area contributed by atoms with Gasteiger partial charge in [-0.1, -0.05) is 0 Å². The van der Waals surface area contributed by atoms with Crippen LogP contribution < -0.4 is 10.1 Å². The van der Waals surface area contributed by atoms with Crippen LogP contribution in [0.1, 0.15) is 59.4 Å². The zero-order chi connectivity index (χ0) is 27.8. The molecular weight excluding hydrogens is 487 g/mol. The van der Waals surface area contributed by atoms with Crippen molar-refractivity contribution in [2.75, 3.05) is 47.5 Å². The second-order valence-corrected chi connectivity index (χ2v) is 9.90. The fourth-order valence-corrected chi connectivity index (χ4v) is 4.72. The Morgan fingerprint density at radius 3 is 2.53 bits per heavy atom. The lowest BCUT2D eigenvalue weighted by molar-refractivity contribution is 0.0572. The fourth-order valence-electron chi connectivity index (χ4n) is 4.72. The number of carbonyl (C=O) groups excluding carboxylic acids is 2. The van der Waals surface area contributed by atoms with Gasteiger partial charge in [-0.3, -0.25) is 9.59 Å². The summed E-state index contributed by atoms with van der Waals surface area (Å²) in [6.45, 7) is 6.24. The monoisotopic (exact) mass is 524 g/mol. The van der Waals surface area contributed by atoms with Gasteiger partial charge >= 0.3 is 0 Å². The zero-order valence-electron chi connectivity index (χ0n) is 22.8. The number of nitriles is 1. The Labute approximate surface area is 224 Å². The summed E-state index contributed by atoms with van der Waals surface area (Å²) in [7, 11) is 4.82. The molecule has 0 aliphatic carbocycles. The molecule has 204 valence electrons. The molecule has 2 aromatic carbocycles. The summed E-state index contributed by atoms with van der Waals surface area (Å²) in [5, 5.41) is 13.4. The Kier molecular flexibility index (Phi) is 10.2. The minimum atomic E-state index is -0.567. The molecule has 1 aliphatic rings. The molecule has 1 aliphatic heterocycles. The van der Waals surface area contributed by atoms with E-state index < -0.39 is 5.82 Å². The van der Waals surface area contributed by atoms with Crippen LogP contribution in [0.25, 0.3) is 11.1 Å². The second kappa shape index (κ2) is 13.4. The van der Waals surface area contributed by atoms with Crippen LogP contribution in [0.4, 0.5) is 4.39 Å². The van der Waals surface area contributed by atoms with Gasteiger partial charge in [0.2, 0.25) is 0 Å². The molecule has 0 spiro atoms. The average Bonchev–Trinajstić information content (AvgIpc) is 2.91.